The number of allylic oxidation sites excluding steroid dienone is 26. The zero-order valence-corrected chi connectivity index (χ0v) is 53.5. The molecule has 0 rings (SSSR count). The van der Waals surface area contributed by atoms with Gasteiger partial charge in [0.05, 0.1) is 13.2 Å². The number of phosphoric acid groups is 1. The summed E-state index contributed by atoms with van der Waals surface area (Å²) >= 11 is 0. The van der Waals surface area contributed by atoms with Gasteiger partial charge >= 0.3 is 19.8 Å². The Morgan fingerprint density at radius 1 is 0.373 bits per heavy atom. The van der Waals surface area contributed by atoms with Gasteiger partial charge in [-0.1, -0.05) is 275 Å². The molecular weight excluding hydrogens is 1050 g/mol. The maximum Gasteiger partial charge on any atom is 0.472 e. The number of ether oxygens (including phenoxy) is 2. The van der Waals surface area contributed by atoms with Crippen LogP contribution in [0.4, 0.5) is 0 Å². The zero-order valence-electron chi connectivity index (χ0n) is 52.6. The quantitative estimate of drug-likeness (QED) is 0.0264. The van der Waals surface area contributed by atoms with E-state index >= 15 is 0 Å². The second-order valence-electron chi connectivity index (χ2n) is 21.2. The Morgan fingerprint density at radius 3 is 1.00 bits per heavy atom. The van der Waals surface area contributed by atoms with E-state index < -0.39 is 32.5 Å². The Balaban J connectivity index is 4.05. The molecule has 0 saturated carbocycles. The van der Waals surface area contributed by atoms with Gasteiger partial charge in [0.2, 0.25) is 0 Å². The molecule has 0 aromatic rings. The van der Waals surface area contributed by atoms with Crippen molar-refractivity contribution in [2.24, 2.45) is 5.73 Å². The van der Waals surface area contributed by atoms with E-state index in [-0.39, 0.29) is 32.6 Å². The van der Waals surface area contributed by atoms with Gasteiger partial charge < -0.3 is 20.1 Å². The van der Waals surface area contributed by atoms with E-state index in [4.69, 9.17) is 24.3 Å². The third-order valence-corrected chi connectivity index (χ3v) is 14.4. The van der Waals surface area contributed by atoms with Crippen LogP contribution in [-0.2, 0) is 32.7 Å². The highest BCUT2D eigenvalue weighted by Gasteiger charge is 2.26. The van der Waals surface area contributed by atoms with Crippen molar-refractivity contribution in [3.63, 3.8) is 0 Å². The lowest BCUT2D eigenvalue weighted by molar-refractivity contribution is -0.161. The number of hydrogen-bond acceptors (Lipinski definition) is 8. The van der Waals surface area contributed by atoms with Crippen molar-refractivity contribution in [2.75, 3.05) is 26.4 Å². The highest BCUT2D eigenvalue weighted by molar-refractivity contribution is 7.47. The number of carbonyl (C=O) groups excluding carboxylic acids is 2. The predicted molar refractivity (Wildman–Crippen MR) is 357 cm³/mol. The molecule has 9 nitrogen and oxygen atoms in total. The Bertz CT molecular complexity index is 1920. The molecule has 0 radical (unpaired) electrons. The minimum Gasteiger partial charge on any atom is -0.462 e. The molecule has 3 N–H and O–H groups in total. The number of phosphoric ester groups is 1. The molecule has 0 aliphatic rings. The fourth-order valence-corrected chi connectivity index (χ4v) is 9.32. The molecule has 10 heteroatoms. The van der Waals surface area contributed by atoms with E-state index in [0.717, 1.165) is 128 Å². The molecule has 0 aromatic carbocycles. The summed E-state index contributed by atoms with van der Waals surface area (Å²) in [5.74, 6) is -0.866. The van der Waals surface area contributed by atoms with Crippen LogP contribution in [0.25, 0.3) is 0 Å². The number of nitrogens with two attached hydrogens (primary N) is 1. The van der Waals surface area contributed by atoms with E-state index in [1.165, 1.54) is 96.3 Å². The van der Waals surface area contributed by atoms with Crippen molar-refractivity contribution in [1.29, 1.82) is 0 Å². The Labute approximate surface area is 509 Å². The topological polar surface area (TPSA) is 134 Å². The second-order valence-corrected chi connectivity index (χ2v) is 22.7. The van der Waals surface area contributed by atoms with Gasteiger partial charge in [-0.25, -0.2) is 4.57 Å². The molecule has 0 aliphatic carbocycles. The number of unbranched alkanes of at least 4 members (excludes halogenated alkanes) is 21. The molecule has 2 atom stereocenters. The second kappa shape index (κ2) is 66.8. The number of hydrogen-bond donors (Lipinski definition) is 2. The van der Waals surface area contributed by atoms with Crippen molar-refractivity contribution >= 4 is 19.8 Å². The average molecular weight is 1170 g/mol. The lowest BCUT2D eigenvalue weighted by atomic mass is 10.1. The Kier molecular flexibility index (Phi) is 63.3. The fourth-order valence-electron chi connectivity index (χ4n) is 8.55. The highest BCUT2D eigenvalue weighted by Crippen LogP contribution is 2.43. The monoisotopic (exact) mass is 1170 g/mol. The van der Waals surface area contributed by atoms with Gasteiger partial charge in [-0.05, 0) is 128 Å². The summed E-state index contributed by atoms with van der Waals surface area (Å²) in [6, 6.07) is 0. The van der Waals surface area contributed by atoms with Crippen LogP contribution < -0.4 is 5.73 Å². The van der Waals surface area contributed by atoms with Crippen LogP contribution in [0.15, 0.2) is 158 Å². The fraction of sp³-hybridized carbons (Fsp3) is 0.616. The van der Waals surface area contributed by atoms with Gasteiger partial charge in [0.25, 0.3) is 0 Å². The van der Waals surface area contributed by atoms with Gasteiger partial charge in [0.1, 0.15) is 6.61 Å². The van der Waals surface area contributed by atoms with E-state index in [2.05, 4.69) is 172 Å². The standard InChI is InChI=1S/C73H120NO8P/c1-3-5-7-9-11-13-15-17-19-21-23-25-26-27-28-29-30-31-32-33-34-35-36-37-38-39-40-41-42-43-44-46-48-50-52-54-56-58-60-62-64-66-73(76)82-71(70-81-83(77,78)80-68-67-74)69-79-72(75)65-63-61-59-57-55-53-51-49-47-45-24-22-20-18-16-14-12-10-8-6-4-2/h5,7,11,13,17,19,22-25,27-28,30-31,33-34,36-37,39-40,42-43,46,48,52,54,71H,3-4,6,8-10,12,14-16,18,20-21,26,29,32,35,38,41,44-45,47,49-51,53,55-70,74H2,1-2H3,(H,77,78)/b7-5-,13-11-,19-17-,24-22-,25-23-,28-27-,31-30-,34-33-,37-36-,40-39-,43-42-,48-46-,54-52-. The first kappa shape index (κ1) is 78.6. The highest BCUT2D eigenvalue weighted by atomic mass is 31.2. The summed E-state index contributed by atoms with van der Waals surface area (Å²) in [7, 11) is -4.41. The molecule has 0 amide bonds. The summed E-state index contributed by atoms with van der Waals surface area (Å²) in [5, 5.41) is 0. The summed E-state index contributed by atoms with van der Waals surface area (Å²) in [6.07, 6.45) is 97.4. The molecule has 0 aliphatic heterocycles. The largest absolute Gasteiger partial charge is 0.472 e. The Hall–Kier alpha value is -4.37. The molecule has 0 aromatic heterocycles. The first-order valence-electron chi connectivity index (χ1n) is 33.0. The van der Waals surface area contributed by atoms with Crippen molar-refractivity contribution in [1.82, 2.24) is 0 Å². The van der Waals surface area contributed by atoms with Gasteiger partial charge in [0, 0.05) is 19.4 Å². The van der Waals surface area contributed by atoms with Crippen LogP contribution in [0.5, 0.6) is 0 Å². The zero-order chi connectivity index (χ0) is 60.1. The van der Waals surface area contributed by atoms with Crippen LogP contribution in [0.2, 0.25) is 0 Å². The normalized spacial score (nSPS) is 14.0. The molecule has 83 heavy (non-hydrogen) atoms. The van der Waals surface area contributed by atoms with Crippen LogP contribution in [-0.4, -0.2) is 49.3 Å². The van der Waals surface area contributed by atoms with Crippen molar-refractivity contribution in [3.8, 4) is 0 Å². The van der Waals surface area contributed by atoms with Gasteiger partial charge in [-0.15, -0.1) is 0 Å². The number of rotatable bonds is 60. The molecular formula is C73H120NO8P. The number of carbonyl (C=O) groups is 2. The lowest BCUT2D eigenvalue weighted by Crippen LogP contribution is -2.29. The van der Waals surface area contributed by atoms with E-state index in [1.54, 1.807) is 0 Å². The third kappa shape index (κ3) is 66.6. The minimum atomic E-state index is -4.41. The first-order valence-corrected chi connectivity index (χ1v) is 34.5. The SMILES string of the molecule is CC/C=C\C/C=C\C/C=C\C/C=C\C/C=C\C/C=C\C/C=C\C/C=C\C/C=C\C/C=C\C/C=C\C/C=C\CCCCCCC(=O)OC(COC(=O)CCCCCCCCCCC/C=C\CCCCCCCCCC)COP(=O)(O)OCCN. The van der Waals surface area contributed by atoms with E-state index in [1.807, 2.05) is 0 Å². The van der Waals surface area contributed by atoms with Crippen LogP contribution >= 0.6 is 7.82 Å². The minimum absolute atomic E-state index is 0.0412. The average Bonchev–Trinajstić information content (AvgIpc) is 3.49. The van der Waals surface area contributed by atoms with Crippen molar-refractivity contribution in [3.05, 3.63) is 158 Å². The van der Waals surface area contributed by atoms with Crippen molar-refractivity contribution in [2.45, 2.75) is 264 Å². The molecule has 0 saturated heterocycles. The molecule has 2 unspecified atom stereocenters. The van der Waals surface area contributed by atoms with Gasteiger partial charge in [-0.2, -0.15) is 0 Å². The van der Waals surface area contributed by atoms with Crippen LogP contribution in [0, 0.1) is 0 Å². The summed E-state index contributed by atoms with van der Waals surface area (Å²) in [4.78, 5) is 35.3. The molecule has 0 fully saturated rings. The van der Waals surface area contributed by atoms with Crippen molar-refractivity contribution < 1.29 is 37.6 Å². The van der Waals surface area contributed by atoms with Crippen LogP contribution in [0.1, 0.15) is 258 Å². The summed E-state index contributed by atoms with van der Waals surface area (Å²) < 4.78 is 33.1. The van der Waals surface area contributed by atoms with Gasteiger partial charge in [-0.3, -0.25) is 18.6 Å². The molecule has 0 spiro atoms. The lowest BCUT2D eigenvalue weighted by Gasteiger charge is -2.19. The smallest absolute Gasteiger partial charge is 0.462 e. The van der Waals surface area contributed by atoms with Crippen LogP contribution in [0.3, 0.4) is 0 Å². The molecule has 0 heterocycles. The maximum absolute atomic E-state index is 12.7. The maximum atomic E-state index is 12.7. The summed E-state index contributed by atoms with van der Waals surface area (Å²) in [6.45, 7) is 3.59. The van der Waals surface area contributed by atoms with E-state index in [9.17, 15) is 19.0 Å². The van der Waals surface area contributed by atoms with E-state index in [0.29, 0.717) is 6.42 Å². The van der Waals surface area contributed by atoms with Gasteiger partial charge in [0.15, 0.2) is 6.10 Å². The summed E-state index contributed by atoms with van der Waals surface area (Å²) in [5.41, 5.74) is 5.39. The molecule has 0 bridgehead atoms. The third-order valence-electron chi connectivity index (χ3n) is 13.4. The predicted octanol–water partition coefficient (Wildman–Crippen LogP) is 21.6. The Morgan fingerprint density at radius 2 is 0.663 bits per heavy atom. The number of esters is 2. The molecule has 470 valence electrons. The first-order chi connectivity index (χ1) is 40.8.